The number of ether oxygens (including phenoxy) is 5. The first-order valence-corrected chi connectivity index (χ1v) is 20.8. The largest absolute Gasteiger partial charge is 0.495 e. The smallest absolute Gasteiger partial charge is 0.251 e. The van der Waals surface area contributed by atoms with Crippen molar-refractivity contribution in [2.75, 3.05) is 85.4 Å². The van der Waals surface area contributed by atoms with Gasteiger partial charge in [-0.05, 0) is 67.3 Å². The number of benzene rings is 3. The van der Waals surface area contributed by atoms with E-state index in [9.17, 15) is 14.9 Å². The maximum Gasteiger partial charge on any atom is 0.251 e. The molecule has 0 spiro atoms. The minimum atomic E-state index is -1.80. The molecule has 12 nitrogen and oxygen atoms in total. The fourth-order valence-corrected chi connectivity index (χ4v) is 8.23. The van der Waals surface area contributed by atoms with Crippen LogP contribution in [0.1, 0.15) is 61.0 Å². The molecular weight excluding hydrogens is 819 g/mol. The van der Waals surface area contributed by atoms with Crippen molar-refractivity contribution in [2.45, 2.75) is 63.1 Å². The summed E-state index contributed by atoms with van der Waals surface area (Å²) in [5.74, 6) is -3.72. The van der Waals surface area contributed by atoms with E-state index in [1.54, 1.807) is 0 Å². The minimum absolute atomic E-state index is 0.0343. The number of amides is 2. The van der Waals surface area contributed by atoms with Gasteiger partial charge in [0.05, 0.1) is 82.3 Å². The highest BCUT2D eigenvalue weighted by Gasteiger charge is 2.61. The van der Waals surface area contributed by atoms with Crippen molar-refractivity contribution < 1.29 is 42.1 Å². The Morgan fingerprint density at radius 3 is 2.32 bits per heavy atom. The third-order valence-electron chi connectivity index (χ3n) is 10.7. The van der Waals surface area contributed by atoms with E-state index in [2.05, 4.69) is 34.0 Å². The van der Waals surface area contributed by atoms with Crippen molar-refractivity contribution in [3.05, 3.63) is 93.0 Å². The molecule has 0 bridgehead atoms. The lowest BCUT2D eigenvalue weighted by Crippen LogP contribution is -2.45. The van der Waals surface area contributed by atoms with E-state index >= 15 is 8.78 Å². The molecule has 2 aliphatic rings. The topological polar surface area (TPSA) is 143 Å². The number of nitrogens with zero attached hydrogens (tertiary/aromatic N) is 2. The lowest BCUT2D eigenvalue weighted by Gasteiger charge is -2.37. The van der Waals surface area contributed by atoms with Crippen LogP contribution in [0.4, 0.5) is 14.5 Å². The van der Waals surface area contributed by atoms with Gasteiger partial charge >= 0.3 is 0 Å². The Morgan fingerprint density at radius 1 is 0.983 bits per heavy atom. The van der Waals surface area contributed by atoms with Crippen molar-refractivity contribution in [1.82, 2.24) is 15.5 Å². The zero-order valence-corrected chi connectivity index (χ0v) is 36.3. The second kappa shape index (κ2) is 21.7. The standard InChI is InChI=1S/C44H55Cl2F2N5O7/c1-43(2,3)25-37-44(27-49,32-11-10-29(45)24-34(32)47)38(31-7-6-8-33(46)39(31)48)40(52-37)42(55)51-35-12-9-28(23-36(35)56-5)41(54)50-14-16-57-17-18-58-19-20-59-21-22-60-30-13-15-53(4)26-30/h6-12,23-24,30,37-38,40,52H,13-22,25-26H2,1-5H3,(H,50,54)(H,51,55)/t30-,37+,38+,40-,44+/m1/s1. The highest BCUT2D eigenvalue weighted by atomic mass is 35.5. The number of likely N-dealkylation sites (tertiary alicyclic amines) is 1. The molecule has 0 unspecified atom stereocenters. The highest BCUT2D eigenvalue weighted by molar-refractivity contribution is 6.31. The molecule has 0 radical (unpaired) electrons. The molecule has 16 heteroatoms. The summed E-state index contributed by atoms with van der Waals surface area (Å²) < 4.78 is 60.1. The van der Waals surface area contributed by atoms with Gasteiger partial charge in [0, 0.05) is 47.7 Å². The summed E-state index contributed by atoms with van der Waals surface area (Å²) in [6, 6.07) is 13.0. The molecule has 3 aromatic rings. The molecule has 5 atom stereocenters. The Morgan fingerprint density at radius 2 is 1.68 bits per heavy atom. The van der Waals surface area contributed by atoms with E-state index < -0.39 is 52.3 Å². The maximum absolute atomic E-state index is 16.1. The Balaban J connectivity index is 1.19. The van der Waals surface area contributed by atoms with Gasteiger partial charge in [-0.15, -0.1) is 0 Å². The monoisotopic (exact) mass is 873 g/mol. The van der Waals surface area contributed by atoms with Gasteiger partial charge in [0.15, 0.2) is 0 Å². The SMILES string of the molecule is COc1cc(C(=O)NCCOCCOCCOCCO[C@@H]2CCN(C)C2)ccc1NC(=O)[C@@H]1N[C@@H](CC(C)(C)C)[C@](C#N)(c2ccc(Cl)cc2F)[C@H]1c1cccc(Cl)c1F. The molecule has 0 aromatic heterocycles. The summed E-state index contributed by atoms with van der Waals surface area (Å²) in [5.41, 5.74) is -1.80. The van der Waals surface area contributed by atoms with Crippen LogP contribution in [0, 0.1) is 28.4 Å². The Labute approximate surface area is 361 Å². The summed E-state index contributed by atoms with van der Waals surface area (Å²) in [4.78, 5) is 29.7. The zero-order valence-electron chi connectivity index (χ0n) is 34.8. The summed E-state index contributed by atoms with van der Waals surface area (Å²) in [6.45, 7) is 11.1. The molecular formula is C44H55Cl2F2N5O7. The van der Waals surface area contributed by atoms with Crippen molar-refractivity contribution >= 4 is 40.7 Å². The number of halogens is 4. The summed E-state index contributed by atoms with van der Waals surface area (Å²) in [7, 11) is 3.48. The predicted octanol–water partition coefficient (Wildman–Crippen LogP) is 6.74. The van der Waals surface area contributed by atoms with Gasteiger partial charge in [-0.2, -0.15) is 5.26 Å². The van der Waals surface area contributed by atoms with Gasteiger partial charge in [-0.3, -0.25) is 9.59 Å². The molecule has 3 aromatic carbocycles. The van der Waals surface area contributed by atoms with Crippen LogP contribution in [-0.2, 0) is 29.2 Å². The van der Waals surface area contributed by atoms with Crippen LogP contribution in [0.2, 0.25) is 10.0 Å². The highest BCUT2D eigenvalue weighted by Crippen LogP contribution is 2.53. The number of nitriles is 1. The lowest BCUT2D eigenvalue weighted by atomic mass is 9.62. The van der Waals surface area contributed by atoms with Gasteiger partial charge in [-0.25, -0.2) is 8.78 Å². The van der Waals surface area contributed by atoms with Crippen LogP contribution < -0.4 is 20.7 Å². The molecule has 2 aliphatic heterocycles. The molecule has 5 rings (SSSR count). The normalized spacial score (nSPS) is 21.8. The second-order valence-corrected chi connectivity index (χ2v) is 17.1. The molecule has 2 heterocycles. The zero-order chi connectivity index (χ0) is 43.5. The van der Waals surface area contributed by atoms with Crippen molar-refractivity contribution in [3.63, 3.8) is 0 Å². The molecule has 2 fully saturated rings. The fourth-order valence-electron chi connectivity index (χ4n) is 7.89. The van der Waals surface area contributed by atoms with Gasteiger partial charge in [0.1, 0.15) is 22.8 Å². The first kappa shape index (κ1) is 47.1. The maximum atomic E-state index is 16.1. The van der Waals surface area contributed by atoms with E-state index in [-0.39, 0.29) is 57.4 Å². The average Bonchev–Trinajstić information content (AvgIpc) is 3.77. The number of anilines is 1. The number of methoxy groups -OCH3 is 1. The van der Waals surface area contributed by atoms with Crippen LogP contribution in [0.25, 0.3) is 0 Å². The number of carbonyl (C=O) groups is 2. The number of hydrogen-bond acceptors (Lipinski definition) is 10. The van der Waals surface area contributed by atoms with Crippen LogP contribution in [0.5, 0.6) is 5.75 Å². The first-order valence-electron chi connectivity index (χ1n) is 20.1. The van der Waals surface area contributed by atoms with Gasteiger partial charge < -0.3 is 44.5 Å². The Hall–Kier alpha value is -3.91. The van der Waals surface area contributed by atoms with Gasteiger partial charge in [-0.1, -0.05) is 62.2 Å². The third kappa shape index (κ3) is 11.9. The number of likely N-dealkylation sites (N-methyl/N-ethyl adjacent to an activating group) is 1. The van der Waals surface area contributed by atoms with Crippen molar-refractivity contribution in [2.24, 2.45) is 5.41 Å². The van der Waals surface area contributed by atoms with Crippen LogP contribution in [0.15, 0.2) is 54.6 Å². The molecule has 2 saturated heterocycles. The predicted molar refractivity (Wildman–Crippen MR) is 226 cm³/mol. The molecule has 0 saturated carbocycles. The summed E-state index contributed by atoms with van der Waals surface area (Å²) in [6.07, 6.45) is 1.64. The van der Waals surface area contributed by atoms with Crippen LogP contribution in [0.3, 0.4) is 0 Å². The van der Waals surface area contributed by atoms with Gasteiger partial charge in [0.2, 0.25) is 5.91 Å². The Kier molecular flexibility index (Phi) is 17.1. The number of rotatable bonds is 20. The van der Waals surface area contributed by atoms with E-state index in [1.165, 1.54) is 55.6 Å². The van der Waals surface area contributed by atoms with E-state index in [4.69, 9.17) is 46.9 Å². The molecule has 0 aliphatic carbocycles. The quantitative estimate of drug-likeness (QED) is 0.105. The van der Waals surface area contributed by atoms with Crippen LogP contribution in [-0.4, -0.2) is 115 Å². The summed E-state index contributed by atoms with van der Waals surface area (Å²) in [5, 5.41) is 20.0. The van der Waals surface area contributed by atoms with E-state index in [0.29, 0.717) is 46.1 Å². The Bertz CT molecular complexity index is 1980. The third-order valence-corrected chi connectivity index (χ3v) is 11.2. The van der Waals surface area contributed by atoms with Gasteiger partial charge in [0.25, 0.3) is 5.91 Å². The molecule has 2 amide bonds. The lowest BCUT2D eigenvalue weighted by molar-refractivity contribution is -0.118. The second-order valence-electron chi connectivity index (χ2n) is 16.2. The minimum Gasteiger partial charge on any atom is -0.495 e. The van der Waals surface area contributed by atoms with Crippen molar-refractivity contribution in [1.29, 1.82) is 5.26 Å². The summed E-state index contributed by atoms with van der Waals surface area (Å²) >= 11 is 12.4. The fraction of sp³-hybridized carbons (Fsp3) is 0.523. The van der Waals surface area contributed by atoms with Crippen molar-refractivity contribution in [3.8, 4) is 11.8 Å². The average molecular weight is 875 g/mol. The molecule has 326 valence electrons. The number of hydrogen-bond donors (Lipinski definition) is 3. The molecule has 60 heavy (non-hydrogen) atoms. The van der Waals surface area contributed by atoms with E-state index in [1.807, 2.05) is 20.8 Å². The van der Waals surface area contributed by atoms with Crippen LogP contribution >= 0.6 is 23.2 Å². The number of carbonyl (C=O) groups excluding carboxylic acids is 2. The number of nitrogens with one attached hydrogen (secondary N) is 3. The molecule has 3 N–H and O–H groups in total. The first-order chi connectivity index (χ1) is 28.7. The van der Waals surface area contributed by atoms with E-state index in [0.717, 1.165) is 25.6 Å².